The van der Waals surface area contributed by atoms with Crippen LogP contribution in [0.3, 0.4) is 0 Å². The Bertz CT molecular complexity index is 326. The lowest BCUT2D eigenvalue weighted by atomic mass is 10.1. The molecular weight excluding hydrogens is 204 g/mol. The van der Waals surface area contributed by atoms with Gasteiger partial charge in [-0.3, -0.25) is 0 Å². The third-order valence-corrected chi connectivity index (χ3v) is 2.05. The molecule has 0 aliphatic heterocycles. The third kappa shape index (κ3) is 3.92. The lowest BCUT2D eigenvalue weighted by molar-refractivity contribution is 0.227. The minimum absolute atomic E-state index is 0.0719. The van der Waals surface area contributed by atoms with Crippen molar-refractivity contribution in [2.75, 3.05) is 0 Å². The maximum Gasteiger partial charge on any atom is 0.315 e. The van der Waals surface area contributed by atoms with Crippen LogP contribution in [0, 0.1) is 0 Å². The lowest BCUT2D eigenvalue weighted by Gasteiger charge is -2.23. The number of amides is 2. The minimum Gasteiger partial charge on any atom is -0.347 e. The number of carbonyl (C=O) groups excluding carboxylic acids is 1. The molecular formula is C11H20N4O. The average molecular weight is 224 g/mol. The van der Waals surface area contributed by atoms with E-state index in [0.717, 1.165) is 12.2 Å². The molecule has 1 rings (SSSR count). The summed E-state index contributed by atoms with van der Waals surface area (Å²) in [7, 11) is 0. The summed E-state index contributed by atoms with van der Waals surface area (Å²) in [4.78, 5) is 18.8. The van der Waals surface area contributed by atoms with Gasteiger partial charge in [-0.2, -0.15) is 0 Å². The number of hydrogen-bond acceptors (Lipinski definition) is 2. The summed E-state index contributed by atoms with van der Waals surface area (Å²) in [6.07, 6.45) is 4.23. The van der Waals surface area contributed by atoms with Crippen LogP contribution in [0.25, 0.3) is 0 Å². The summed E-state index contributed by atoms with van der Waals surface area (Å²) in [5.74, 6) is 0.784. The number of nitrogens with one attached hydrogen (secondary N) is 3. The molecule has 5 heteroatoms. The Balaban J connectivity index is 2.55. The predicted molar refractivity (Wildman–Crippen MR) is 63.0 cm³/mol. The standard InChI is InChI=1S/C11H20N4O/c1-5-8(9-12-6-7-13-9)14-10(16)15-11(2,3)4/h6-8H,5H2,1-4H3,(H,12,13)(H2,14,15,16). The summed E-state index contributed by atoms with van der Waals surface area (Å²) < 4.78 is 0. The number of urea groups is 1. The molecule has 3 N–H and O–H groups in total. The molecule has 5 nitrogen and oxygen atoms in total. The largest absolute Gasteiger partial charge is 0.347 e. The van der Waals surface area contributed by atoms with Gasteiger partial charge in [-0.1, -0.05) is 6.92 Å². The number of carbonyl (C=O) groups is 1. The van der Waals surface area contributed by atoms with E-state index in [9.17, 15) is 4.79 Å². The first-order chi connectivity index (χ1) is 7.42. The maximum absolute atomic E-state index is 11.7. The van der Waals surface area contributed by atoms with Crippen LogP contribution >= 0.6 is 0 Å². The number of H-pyrrole nitrogens is 1. The molecule has 0 aliphatic rings. The van der Waals surface area contributed by atoms with Gasteiger partial charge in [0.15, 0.2) is 0 Å². The fourth-order valence-corrected chi connectivity index (χ4v) is 1.37. The highest BCUT2D eigenvalue weighted by molar-refractivity contribution is 5.75. The summed E-state index contributed by atoms with van der Waals surface area (Å²) in [5.41, 5.74) is -0.231. The van der Waals surface area contributed by atoms with Crippen LogP contribution in [-0.2, 0) is 0 Å². The minimum atomic E-state index is -0.231. The van der Waals surface area contributed by atoms with Gasteiger partial charge in [0.05, 0.1) is 6.04 Å². The highest BCUT2D eigenvalue weighted by Crippen LogP contribution is 2.11. The van der Waals surface area contributed by atoms with Crippen LogP contribution in [0.5, 0.6) is 0 Å². The second kappa shape index (κ2) is 5.01. The van der Waals surface area contributed by atoms with E-state index >= 15 is 0 Å². The van der Waals surface area contributed by atoms with Crippen molar-refractivity contribution in [1.82, 2.24) is 20.6 Å². The summed E-state index contributed by atoms with van der Waals surface area (Å²) in [6.45, 7) is 7.84. The van der Waals surface area contributed by atoms with Gasteiger partial charge in [-0.25, -0.2) is 9.78 Å². The summed E-state index contributed by atoms with van der Waals surface area (Å²) in [5, 5.41) is 5.74. The first-order valence-electron chi connectivity index (χ1n) is 5.50. The van der Waals surface area contributed by atoms with Gasteiger partial charge < -0.3 is 15.6 Å². The highest BCUT2D eigenvalue weighted by atomic mass is 16.2. The van der Waals surface area contributed by atoms with E-state index in [-0.39, 0.29) is 17.6 Å². The first kappa shape index (κ1) is 12.5. The van der Waals surface area contributed by atoms with Gasteiger partial charge in [-0.15, -0.1) is 0 Å². The van der Waals surface area contributed by atoms with Crippen molar-refractivity contribution in [3.63, 3.8) is 0 Å². The molecule has 0 saturated heterocycles. The van der Waals surface area contributed by atoms with E-state index in [1.165, 1.54) is 0 Å². The topological polar surface area (TPSA) is 69.8 Å². The van der Waals surface area contributed by atoms with Crippen LogP contribution in [0.1, 0.15) is 46.0 Å². The van der Waals surface area contributed by atoms with E-state index in [4.69, 9.17) is 0 Å². The quantitative estimate of drug-likeness (QED) is 0.734. The van der Waals surface area contributed by atoms with Crippen molar-refractivity contribution >= 4 is 6.03 Å². The Morgan fingerprint density at radius 1 is 1.56 bits per heavy atom. The van der Waals surface area contributed by atoms with Crippen molar-refractivity contribution in [3.8, 4) is 0 Å². The van der Waals surface area contributed by atoms with Crippen molar-refractivity contribution in [2.24, 2.45) is 0 Å². The number of imidazole rings is 1. The number of nitrogens with zero attached hydrogens (tertiary/aromatic N) is 1. The molecule has 1 heterocycles. The molecule has 1 unspecified atom stereocenters. The second-order valence-corrected chi connectivity index (χ2v) is 4.78. The maximum atomic E-state index is 11.7. The van der Waals surface area contributed by atoms with Crippen molar-refractivity contribution in [3.05, 3.63) is 18.2 Å². The van der Waals surface area contributed by atoms with Crippen molar-refractivity contribution in [2.45, 2.75) is 45.7 Å². The smallest absolute Gasteiger partial charge is 0.315 e. The average Bonchev–Trinajstić information content (AvgIpc) is 2.63. The van der Waals surface area contributed by atoms with Gasteiger partial charge in [0, 0.05) is 17.9 Å². The van der Waals surface area contributed by atoms with E-state index < -0.39 is 0 Å². The highest BCUT2D eigenvalue weighted by Gasteiger charge is 2.18. The third-order valence-electron chi connectivity index (χ3n) is 2.05. The van der Waals surface area contributed by atoms with Crippen LogP contribution < -0.4 is 10.6 Å². The molecule has 1 aromatic heterocycles. The fraction of sp³-hybridized carbons (Fsp3) is 0.636. The zero-order valence-corrected chi connectivity index (χ0v) is 10.3. The van der Waals surface area contributed by atoms with Crippen LogP contribution in [0.15, 0.2) is 12.4 Å². The zero-order valence-electron chi connectivity index (χ0n) is 10.3. The van der Waals surface area contributed by atoms with Gasteiger partial charge in [0.1, 0.15) is 5.82 Å². The van der Waals surface area contributed by atoms with E-state index in [0.29, 0.717) is 0 Å². The second-order valence-electron chi connectivity index (χ2n) is 4.78. The molecule has 0 aliphatic carbocycles. The zero-order chi connectivity index (χ0) is 12.2. The van der Waals surface area contributed by atoms with E-state index in [1.54, 1.807) is 12.4 Å². The Hall–Kier alpha value is -1.52. The van der Waals surface area contributed by atoms with E-state index in [1.807, 2.05) is 27.7 Å². The predicted octanol–water partition coefficient (Wildman–Crippen LogP) is 1.96. The monoisotopic (exact) mass is 224 g/mol. The summed E-state index contributed by atoms with van der Waals surface area (Å²) in [6, 6.07) is -0.242. The molecule has 0 saturated carbocycles. The van der Waals surface area contributed by atoms with Crippen molar-refractivity contribution in [1.29, 1.82) is 0 Å². The number of rotatable bonds is 3. The van der Waals surface area contributed by atoms with Gasteiger partial charge in [0.25, 0.3) is 0 Å². The Morgan fingerprint density at radius 2 is 2.25 bits per heavy atom. The number of aromatic nitrogens is 2. The molecule has 1 aromatic rings. The van der Waals surface area contributed by atoms with Crippen molar-refractivity contribution < 1.29 is 4.79 Å². The molecule has 0 spiro atoms. The SMILES string of the molecule is CCC(NC(=O)NC(C)(C)C)c1ncc[nH]1. The van der Waals surface area contributed by atoms with Gasteiger partial charge in [-0.05, 0) is 27.2 Å². The van der Waals surface area contributed by atoms with Crippen LogP contribution in [0.2, 0.25) is 0 Å². The first-order valence-corrected chi connectivity index (χ1v) is 5.50. The molecule has 16 heavy (non-hydrogen) atoms. The van der Waals surface area contributed by atoms with Gasteiger partial charge >= 0.3 is 6.03 Å². The molecule has 0 fully saturated rings. The molecule has 0 radical (unpaired) electrons. The normalized spacial score (nSPS) is 13.2. The summed E-state index contributed by atoms with van der Waals surface area (Å²) >= 11 is 0. The van der Waals surface area contributed by atoms with E-state index in [2.05, 4.69) is 20.6 Å². The van der Waals surface area contributed by atoms with Crippen LogP contribution in [-0.4, -0.2) is 21.5 Å². The Labute approximate surface area is 96.0 Å². The lowest BCUT2D eigenvalue weighted by Crippen LogP contribution is -2.47. The molecule has 0 aromatic carbocycles. The number of aromatic amines is 1. The Morgan fingerprint density at radius 3 is 2.69 bits per heavy atom. The molecule has 0 bridgehead atoms. The molecule has 2 amide bonds. The molecule has 90 valence electrons. The number of hydrogen-bond donors (Lipinski definition) is 3. The van der Waals surface area contributed by atoms with Gasteiger partial charge in [0.2, 0.25) is 0 Å². The fourth-order valence-electron chi connectivity index (χ4n) is 1.37. The van der Waals surface area contributed by atoms with Crippen LogP contribution in [0.4, 0.5) is 4.79 Å². The molecule has 1 atom stereocenters. The Kier molecular flexibility index (Phi) is 3.93.